The summed E-state index contributed by atoms with van der Waals surface area (Å²) in [5.74, 6) is 0.759. The van der Waals surface area contributed by atoms with E-state index in [0.717, 1.165) is 32.0 Å². The first-order chi connectivity index (χ1) is 6.67. The van der Waals surface area contributed by atoms with Gasteiger partial charge in [0.05, 0.1) is 11.5 Å². The molecule has 1 saturated carbocycles. The molecule has 0 aromatic rings. The van der Waals surface area contributed by atoms with Crippen molar-refractivity contribution in [2.75, 3.05) is 0 Å². The molecule has 0 saturated heterocycles. The van der Waals surface area contributed by atoms with Gasteiger partial charge in [-0.1, -0.05) is 33.6 Å². The number of rotatable bonds is 5. The Morgan fingerprint density at radius 3 is 2.36 bits per heavy atom. The normalized spacial score (nSPS) is 41.9. The van der Waals surface area contributed by atoms with Crippen LogP contribution in [0.25, 0.3) is 0 Å². The zero-order valence-electron chi connectivity index (χ0n) is 9.49. The third kappa shape index (κ3) is 1.40. The van der Waals surface area contributed by atoms with Crippen molar-refractivity contribution in [2.24, 2.45) is 17.3 Å². The van der Waals surface area contributed by atoms with Gasteiger partial charge in [0.1, 0.15) is 6.29 Å². The first-order valence-electron chi connectivity index (χ1n) is 5.82. The van der Waals surface area contributed by atoms with E-state index in [4.69, 9.17) is 0 Å². The second kappa shape index (κ2) is 4.43. The summed E-state index contributed by atoms with van der Waals surface area (Å²) in [4.78, 5) is 11.1. The lowest BCUT2D eigenvalue weighted by Gasteiger charge is -2.56. The molecule has 0 radical (unpaired) electrons. The maximum Gasteiger partial charge on any atom is 0.129 e. The Bertz CT molecular complexity index is 202. The molecule has 1 aliphatic rings. The maximum atomic E-state index is 11.1. The molecule has 2 nitrogen and oxygen atoms in total. The largest absolute Gasteiger partial charge is 0.392 e. The first-order valence-corrected chi connectivity index (χ1v) is 5.82. The van der Waals surface area contributed by atoms with E-state index < -0.39 is 11.5 Å². The van der Waals surface area contributed by atoms with Crippen molar-refractivity contribution in [3.63, 3.8) is 0 Å². The number of aliphatic hydroxyl groups is 1. The van der Waals surface area contributed by atoms with Crippen LogP contribution < -0.4 is 0 Å². The second-order valence-corrected chi connectivity index (χ2v) is 4.50. The molecule has 4 unspecified atom stereocenters. The minimum Gasteiger partial charge on any atom is -0.392 e. The summed E-state index contributed by atoms with van der Waals surface area (Å²) < 4.78 is 0. The van der Waals surface area contributed by atoms with Gasteiger partial charge in [-0.05, 0) is 24.7 Å². The van der Waals surface area contributed by atoms with E-state index in [-0.39, 0.29) is 0 Å². The highest BCUT2D eigenvalue weighted by atomic mass is 16.3. The molecule has 1 fully saturated rings. The molecule has 0 aliphatic heterocycles. The third-order valence-electron chi connectivity index (χ3n) is 4.07. The van der Waals surface area contributed by atoms with Crippen molar-refractivity contribution in [3.8, 4) is 0 Å². The number of hydrogen-bond donors (Lipinski definition) is 1. The van der Waals surface area contributed by atoms with Crippen LogP contribution in [0.15, 0.2) is 0 Å². The molecule has 14 heavy (non-hydrogen) atoms. The molecule has 0 heterocycles. The van der Waals surface area contributed by atoms with E-state index in [2.05, 4.69) is 13.8 Å². The minimum atomic E-state index is -0.420. The van der Waals surface area contributed by atoms with Gasteiger partial charge in [0.2, 0.25) is 0 Å². The molecular formula is C12H22O2. The van der Waals surface area contributed by atoms with Crippen molar-refractivity contribution in [2.45, 2.75) is 52.6 Å². The number of carbonyl (C=O) groups excluding carboxylic acids is 1. The second-order valence-electron chi connectivity index (χ2n) is 4.50. The van der Waals surface area contributed by atoms with Crippen molar-refractivity contribution in [3.05, 3.63) is 0 Å². The van der Waals surface area contributed by atoms with Crippen LogP contribution in [0.4, 0.5) is 0 Å². The first kappa shape index (κ1) is 11.7. The summed E-state index contributed by atoms with van der Waals surface area (Å²) in [5.41, 5.74) is -0.420. The van der Waals surface area contributed by atoms with Crippen molar-refractivity contribution < 1.29 is 9.90 Å². The van der Waals surface area contributed by atoms with Crippen molar-refractivity contribution in [1.82, 2.24) is 0 Å². The van der Waals surface area contributed by atoms with Gasteiger partial charge in [0.15, 0.2) is 0 Å². The van der Waals surface area contributed by atoms with Crippen LogP contribution in [-0.2, 0) is 4.79 Å². The maximum absolute atomic E-state index is 11.1. The van der Waals surface area contributed by atoms with Crippen LogP contribution in [0.2, 0.25) is 0 Å². The Labute approximate surface area is 86.7 Å². The standard InChI is InChI=1S/C12H22O2/c1-4-7-10-9(5-2)11(14)12(10,6-3)8-13/h8-11,14H,4-7H2,1-3H3. The van der Waals surface area contributed by atoms with Crippen LogP contribution in [0, 0.1) is 17.3 Å². The molecule has 1 rings (SSSR count). The van der Waals surface area contributed by atoms with E-state index in [9.17, 15) is 9.90 Å². The number of aldehydes is 1. The van der Waals surface area contributed by atoms with Gasteiger partial charge in [0.25, 0.3) is 0 Å². The average Bonchev–Trinajstić information content (AvgIpc) is 2.20. The highest BCUT2D eigenvalue weighted by Gasteiger charge is 2.58. The molecular weight excluding hydrogens is 176 g/mol. The summed E-state index contributed by atoms with van der Waals surface area (Å²) in [7, 11) is 0. The van der Waals surface area contributed by atoms with Crippen molar-refractivity contribution in [1.29, 1.82) is 0 Å². The van der Waals surface area contributed by atoms with Gasteiger partial charge >= 0.3 is 0 Å². The molecule has 0 amide bonds. The highest BCUT2D eigenvalue weighted by molar-refractivity contribution is 5.63. The SMILES string of the molecule is CCCC1C(CC)C(O)C1(C=O)CC. The van der Waals surface area contributed by atoms with Crippen LogP contribution in [0.5, 0.6) is 0 Å². The molecule has 1 aliphatic carbocycles. The molecule has 0 spiro atoms. The van der Waals surface area contributed by atoms with E-state index in [1.807, 2.05) is 6.92 Å². The topological polar surface area (TPSA) is 37.3 Å². The van der Waals surface area contributed by atoms with Gasteiger partial charge in [-0.25, -0.2) is 0 Å². The number of hydrogen-bond acceptors (Lipinski definition) is 2. The third-order valence-corrected chi connectivity index (χ3v) is 4.07. The molecule has 0 aromatic carbocycles. The smallest absolute Gasteiger partial charge is 0.129 e. The average molecular weight is 198 g/mol. The summed E-state index contributed by atoms with van der Waals surface area (Å²) in [6.45, 7) is 6.25. The summed E-state index contributed by atoms with van der Waals surface area (Å²) in [5, 5.41) is 9.98. The Kier molecular flexibility index (Phi) is 3.71. The summed E-state index contributed by atoms with van der Waals surface area (Å²) >= 11 is 0. The lowest BCUT2D eigenvalue weighted by atomic mass is 9.49. The molecule has 1 N–H and O–H groups in total. The van der Waals surface area contributed by atoms with Crippen molar-refractivity contribution >= 4 is 6.29 Å². The van der Waals surface area contributed by atoms with Crippen LogP contribution in [-0.4, -0.2) is 17.5 Å². The lowest BCUT2D eigenvalue weighted by Crippen LogP contribution is -2.61. The predicted molar refractivity (Wildman–Crippen MR) is 57.0 cm³/mol. The molecule has 2 heteroatoms. The number of aliphatic hydroxyl groups excluding tert-OH is 1. The number of carbonyl (C=O) groups is 1. The molecule has 82 valence electrons. The minimum absolute atomic E-state index is 0.347. The Balaban J connectivity index is 2.79. The van der Waals surface area contributed by atoms with E-state index in [0.29, 0.717) is 11.8 Å². The predicted octanol–water partition coefficient (Wildman–Crippen LogP) is 2.40. The monoisotopic (exact) mass is 198 g/mol. The molecule has 0 bridgehead atoms. The van der Waals surface area contributed by atoms with E-state index in [1.165, 1.54) is 0 Å². The summed E-state index contributed by atoms with van der Waals surface area (Å²) in [6.07, 6.45) is 4.54. The fraction of sp³-hybridized carbons (Fsp3) is 0.917. The van der Waals surface area contributed by atoms with Gasteiger partial charge in [-0.2, -0.15) is 0 Å². The quantitative estimate of drug-likeness (QED) is 0.689. The zero-order chi connectivity index (χ0) is 10.8. The van der Waals surface area contributed by atoms with Crippen LogP contribution in [0.1, 0.15) is 46.5 Å². The van der Waals surface area contributed by atoms with Crippen LogP contribution >= 0.6 is 0 Å². The molecule has 4 atom stereocenters. The van der Waals surface area contributed by atoms with Gasteiger partial charge in [-0.3, -0.25) is 0 Å². The van der Waals surface area contributed by atoms with E-state index in [1.54, 1.807) is 0 Å². The van der Waals surface area contributed by atoms with E-state index >= 15 is 0 Å². The lowest BCUT2D eigenvalue weighted by molar-refractivity contribution is -0.182. The fourth-order valence-electron chi connectivity index (χ4n) is 3.13. The Morgan fingerprint density at radius 1 is 1.36 bits per heavy atom. The van der Waals surface area contributed by atoms with Gasteiger partial charge in [-0.15, -0.1) is 0 Å². The Hall–Kier alpha value is -0.370. The van der Waals surface area contributed by atoms with Crippen LogP contribution in [0.3, 0.4) is 0 Å². The van der Waals surface area contributed by atoms with Gasteiger partial charge in [0, 0.05) is 0 Å². The van der Waals surface area contributed by atoms with Gasteiger partial charge < -0.3 is 9.90 Å². The highest BCUT2D eigenvalue weighted by Crippen LogP contribution is 2.55. The molecule has 0 aromatic heterocycles. The zero-order valence-corrected chi connectivity index (χ0v) is 9.49. The Morgan fingerprint density at radius 2 is 2.00 bits per heavy atom. The fourth-order valence-corrected chi connectivity index (χ4v) is 3.13. The summed E-state index contributed by atoms with van der Waals surface area (Å²) in [6, 6.07) is 0.